The van der Waals surface area contributed by atoms with Gasteiger partial charge in [-0.1, -0.05) is 47.1 Å². The lowest BCUT2D eigenvalue weighted by Crippen LogP contribution is -2.47. The monoisotopic (exact) mass is 410 g/mol. The van der Waals surface area contributed by atoms with E-state index in [1.807, 2.05) is 0 Å². The summed E-state index contributed by atoms with van der Waals surface area (Å²) in [7, 11) is 0. The summed E-state index contributed by atoms with van der Waals surface area (Å²) in [6.45, 7) is 17.3. The number of rotatable bonds is 5. The summed E-state index contributed by atoms with van der Waals surface area (Å²) in [5, 5.41) is 0. The molecule has 1 saturated carbocycles. The molecule has 0 amide bonds. The van der Waals surface area contributed by atoms with Gasteiger partial charge in [-0.05, 0) is 66.7 Å². The molecule has 1 aliphatic heterocycles. The fraction of sp³-hybridized carbons (Fsp3) is 0.750. The Hall–Kier alpha value is -0.800. The number of anilines is 1. The van der Waals surface area contributed by atoms with E-state index in [4.69, 9.17) is 0 Å². The number of hydrogen-bond acceptors (Lipinski definition) is 2. The van der Waals surface area contributed by atoms with E-state index in [1.165, 1.54) is 44.2 Å². The van der Waals surface area contributed by atoms with Crippen LogP contribution in [0.4, 0.5) is 10.1 Å². The molecule has 2 nitrogen and oxygen atoms in total. The quantitative estimate of drug-likeness (QED) is 0.547. The number of unbranched alkanes of at least 4 members (excludes halogenated alkanes) is 1. The van der Waals surface area contributed by atoms with Crippen LogP contribution in [0, 0.1) is 16.6 Å². The van der Waals surface area contributed by atoms with Crippen molar-refractivity contribution in [2.24, 2.45) is 10.8 Å². The molecule has 1 saturated heterocycles. The summed E-state index contributed by atoms with van der Waals surface area (Å²) in [6.07, 6.45) is 6.19. The number of hydrogen-bond donors (Lipinski definition) is 0. The van der Waals surface area contributed by atoms with Gasteiger partial charge in [-0.15, -0.1) is 12.4 Å². The first-order chi connectivity index (χ1) is 12.7. The maximum Gasteiger partial charge on any atom is 0.125 e. The van der Waals surface area contributed by atoms with Gasteiger partial charge in [0.05, 0.1) is 0 Å². The van der Waals surface area contributed by atoms with E-state index in [-0.39, 0.29) is 18.2 Å². The van der Waals surface area contributed by atoms with E-state index in [1.54, 1.807) is 12.1 Å². The van der Waals surface area contributed by atoms with E-state index in [9.17, 15) is 4.39 Å². The van der Waals surface area contributed by atoms with E-state index in [2.05, 4.69) is 50.5 Å². The molecule has 0 unspecified atom stereocenters. The highest BCUT2D eigenvalue weighted by Crippen LogP contribution is 2.53. The van der Waals surface area contributed by atoms with E-state index < -0.39 is 0 Å². The molecule has 0 atom stereocenters. The largest absolute Gasteiger partial charge is 0.369 e. The molecular formula is C24H40ClFN2. The highest BCUT2D eigenvalue weighted by Gasteiger charge is 2.40. The van der Waals surface area contributed by atoms with Gasteiger partial charge in [0.25, 0.3) is 0 Å². The summed E-state index contributed by atoms with van der Waals surface area (Å²) >= 11 is 0. The van der Waals surface area contributed by atoms with E-state index in [0.717, 1.165) is 31.9 Å². The van der Waals surface area contributed by atoms with Crippen molar-refractivity contribution in [3.05, 3.63) is 29.6 Å². The molecule has 1 aliphatic carbocycles. The molecule has 0 N–H and O–H groups in total. The zero-order valence-corrected chi connectivity index (χ0v) is 19.4. The Morgan fingerprint density at radius 3 is 2.18 bits per heavy atom. The van der Waals surface area contributed by atoms with Crippen molar-refractivity contribution in [3.63, 3.8) is 0 Å². The van der Waals surface area contributed by atoms with Gasteiger partial charge in [0.2, 0.25) is 0 Å². The first kappa shape index (κ1) is 23.5. The fourth-order valence-electron chi connectivity index (χ4n) is 5.80. The third-order valence-electron chi connectivity index (χ3n) is 6.53. The number of nitrogens with zero attached hydrogens (tertiary/aromatic N) is 2. The molecule has 160 valence electrons. The topological polar surface area (TPSA) is 6.48 Å². The average Bonchev–Trinajstić information content (AvgIpc) is 2.57. The second-order valence-electron chi connectivity index (χ2n) is 10.5. The Balaban J connectivity index is 0.00000280. The Morgan fingerprint density at radius 2 is 1.61 bits per heavy atom. The van der Waals surface area contributed by atoms with Crippen molar-refractivity contribution in [2.75, 3.05) is 37.6 Å². The summed E-state index contributed by atoms with van der Waals surface area (Å²) in [5.41, 5.74) is 3.22. The zero-order chi connectivity index (χ0) is 19.7. The molecule has 3 rings (SSSR count). The minimum atomic E-state index is -0.100. The van der Waals surface area contributed by atoms with Crippen molar-refractivity contribution in [2.45, 2.75) is 72.6 Å². The maximum absolute atomic E-state index is 14.2. The Bertz CT molecular complexity index is 619. The number of halogens is 2. The molecular weight excluding hydrogens is 371 g/mol. The van der Waals surface area contributed by atoms with Crippen LogP contribution >= 0.6 is 12.4 Å². The Kier molecular flexibility index (Phi) is 7.83. The second-order valence-corrected chi connectivity index (χ2v) is 10.5. The minimum Gasteiger partial charge on any atom is -0.369 e. The lowest BCUT2D eigenvalue weighted by atomic mass is 9.60. The smallest absolute Gasteiger partial charge is 0.125 e. The van der Waals surface area contributed by atoms with E-state index in [0.29, 0.717) is 16.7 Å². The predicted molar refractivity (Wildman–Crippen MR) is 121 cm³/mol. The van der Waals surface area contributed by atoms with Crippen LogP contribution in [0.15, 0.2) is 18.2 Å². The fourth-order valence-corrected chi connectivity index (χ4v) is 5.80. The molecule has 1 aromatic rings. The van der Waals surface area contributed by atoms with Crippen LogP contribution in [0.1, 0.15) is 78.2 Å². The molecule has 0 spiro atoms. The molecule has 2 aliphatic rings. The molecule has 28 heavy (non-hydrogen) atoms. The van der Waals surface area contributed by atoms with Gasteiger partial charge in [0.1, 0.15) is 5.82 Å². The molecule has 1 aromatic carbocycles. The van der Waals surface area contributed by atoms with Crippen LogP contribution in [0.3, 0.4) is 0 Å². The van der Waals surface area contributed by atoms with Crippen LogP contribution in [0.25, 0.3) is 0 Å². The Labute approximate surface area is 178 Å². The van der Waals surface area contributed by atoms with Crippen molar-refractivity contribution < 1.29 is 4.39 Å². The van der Waals surface area contributed by atoms with Crippen LogP contribution in [-0.2, 0) is 0 Å². The highest BCUT2D eigenvalue weighted by atomic mass is 35.5. The van der Waals surface area contributed by atoms with Gasteiger partial charge in [-0.25, -0.2) is 4.39 Å². The lowest BCUT2D eigenvalue weighted by molar-refractivity contribution is 0.0969. The normalized spacial score (nSPS) is 22.7. The standard InChI is InChI=1S/C24H39FN2.ClH/c1-6-7-10-26-11-13-27(14-12-26)22-15-20(25)8-9-21(22)19-16-23(2,3)18-24(4,5)17-19;/h8-9,15,19H,6-7,10-14,16-18H2,1-5H3;1H. The van der Waals surface area contributed by atoms with Crippen molar-refractivity contribution in [3.8, 4) is 0 Å². The van der Waals surface area contributed by atoms with E-state index >= 15 is 0 Å². The van der Waals surface area contributed by atoms with Crippen LogP contribution < -0.4 is 4.90 Å². The van der Waals surface area contributed by atoms with Gasteiger partial charge in [-0.2, -0.15) is 0 Å². The van der Waals surface area contributed by atoms with Crippen LogP contribution in [0.2, 0.25) is 0 Å². The lowest BCUT2D eigenvalue weighted by Gasteiger charge is -2.46. The van der Waals surface area contributed by atoms with Crippen LogP contribution in [0.5, 0.6) is 0 Å². The average molecular weight is 411 g/mol. The SMILES string of the molecule is CCCCN1CCN(c2cc(F)ccc2C2CC(C)(C)CC(C)(C)C2)CC1.Cl. The third kappa shape index (κ3) is 5.86. The molecule has 2 fully saturated rings. The summed E-state index contributed by atoms with van der Waals surface area (Å²) in [6, 6.07) is 5.55. The number of piperazine rings is 1. The third-order valence-corrected chi connectivity index (χ3v) is 6.53. The van der Waals surface area contributed by atoms with Gasteiger partial charge in [0.15, 0.2) is 0 Å². The maximum atomic E-state index is 14.2. The first-order valence-corrected chi connectivity index (χ1v) is 11.0. The predicted octanol–water partition coefficient (Wildman–Crippen LogP) is 6.49. The molecule has 0 aromatic heterocycles. The van der Waals surface area contributed by atoms with Gasteiger partial charge >= 0.3 is 0 Å². The van der Waals surface area contributed by atoms with Crippen molar-refractivity contribution >= 4 is 18.1 Å². The summed E-state index contributed by atoms with van der Waals surface area (Å²) in [4.78, 5) is 5.00. The summed E-state index contributed by atoms with van der Waals surface area (Å²) < 4.78 is 14.2. The van der Waals surface area contributed by atoms with Crippen molar-refractivity contribution in [1.82, 2.24) is 4.90 Å². The zero-order valence-electron chi connectivity index (χ0n) is 18.6. The Morgan fingerprint density at radius 1 is 1.00 bits per heavy atom. The molecule has 0 radical (unpaired) electrons. The van der Waals surface area contributed by atoms with Gasteiger partial charge in [-0.3, -0.25) is 4.90 Å². The molecule has 4 heteroatoms. The summed E-state index contributed by atoms with van der Waals surface area (Å²) in [5.74, 6) is 0.425. The van der Waals surface area contributed by atoms with Crippen molar-refractivity contribution in [1.29, 1.82) is 0 Å². The second kappa shape index (κ2) is 9.34. The highest BCUT2D eigenvalue weighted by molar-refractivity contribution is 5.85. The molecule has 1 heterocycles. The van der Waals surface area contributed by atoms with Crippen LogP contribution in [-0.4, -0.2) is 37.6 Å². The minimum absolute atomic E-state index is 0. The van der Waals surface area contributed by atoms with Gasteiger partial charge < -0.3 is 4.90 Å². The van der Waals surface area contributed by atoms with Gasteiger partial charge in [0, 0.05) is 31.9 Å². The number of benzene rings is 1. The molecule has 0 bridgehead atoms. The first-order valence-electron chi connectivity index (χ1n) is 11.0.